The summed E-state index contributed by atoms with van der Waals surface area (Å²) in [6.45, 7) is 3.53. The Morgan fingerprint density at radius 1 is 1.50 bits per heavy atom. The van der Waals surface area contributed by atoms with Gasteiger partial charge < -0.3 is 9.62 Å². The fourth-order valence-corrected chi connectivity index (χ4v) is 0.927. The second-order valence-corrected chi connectivity index (χ2v) is 2.47. The van der Waals surface area contributed by atoms with Crippen molar-refractivity contribution in [3.63, 3.8) is 0 Å². The Bertz CT molecular complexity index is 333. The van der Waals surface area contributed by atoms with Crippen molar-refractivity contribution in [2.24, 2.45) is 0 Å². The van der Waals surface area contributed by atoms with Gasteiger partial charge in [0.2, 0.25) is 0 Å². The molecule has 0 radical (unpaired) electrons. The summed E-state index contributed by atoms with van der Waals surface area (Å²) in [6, 6.07) is 6.24. The normalized spacial score (nSPS) is 9.21. The van der Waals surface area contributed by atoms with E-state index < -0.39 is 5.97 Å². The van der Waals surface area contributed by atoms with Crippen LogP contribution in [0.2, 0.25) is 0 Å². The highest BCUT2D eigenvalue weighted by molar-refractivity contribution is 5.92. The standard InChI is InChI=1S/C10H10O4/c1-2-7-13-10(11)8-5-3-4-6-9(8)14-12/h2-6,12H,1,7H2. The van der Waals surface area contributed by atoms with E-state index in [9.17, 15) is 4.79 Å². The summed E-state index contributed by atoms with van der Waals surface area (Å²) < 4.78 is 4.77. The zero-order chi connectivity index (χ0) is 10.4. The molecule has 0 atom stereocenters. The number of rotatable bonds is 4. The quantitative estimate of drug-likeness (QED) is 0.344. The molecule has 0 spiro atoms. The molecule has 0 fully saturated rings. The lowest BCUT2D eigenvalue weighted by atomic mass is 10.2. The Morgan fingerprint density at radius 2 is 2.21 bits per heavy atom. The molecule has 0 saturated heterocycles. The minimum Gasteiger partial charge on any atom is -0.458 e. The molecule has 0 saturated carbocycles. The highest BCUT2D eigenvalue weighted by Gasteiger charge is 2.12. The molecule has 0 unspecified atom stereocenters. The molecule has 0 bridgehead atoms. The van der Waals surface area contributed by atoms with Crippen LogP contribution in [0.25, 0.3) is 0 Å². The molecule has 0 amide bonds. The summed E-state index contributed by atoms with van der Waals surface area (Å²) in [5.74, 6) is -0.490. The third-order valence-electron chi connectivity index (χ3n) is 1.54. The third-order valence-corrected chi connectivity index (χ3v) is 1.54. The van der Waals surface area contributed by atoms with Crippen molar-refractivity contribution < 1.29 is 19.7 Å². The van der Waals surface area contributed by atoms with Crippen LogP contribution in [0.5, 0.6) is 5.75 Å². The van der Waals surface area contributed by atoms with Gasteiger partial charge in [-0.15, -0.1) is 0 Å². The number of hydrogen-bond acceptors (Lipinski definition) is 4. The number of carbonyl (C=O) groups excluding carboxylic acids is 1. The molecular weight excluding hydrogens is 184 g/mol. The van der Waals surface area contributed by atoms with Crippen molar-refractivity contribution in [1.82, 2.24) is 0 Å². The monoisotopic (exact) mass is 194 g/mol. The minimum atomic E-state index is -0.561. The molecule has 1 aromatic rings. The third kappa shape index (κ3) is 2.34. The average Bonchev–Trinajstić information content (AvgIpc) is 2.25. The second kappa shape index (κ2) is 5.04. The Hall–Kier alpha value is -1.81. The smallest absolute Gasteiger partial charge is 0.342 e. The van der Waals surface area contributed by atoms with E-state index in [1.54, 1.807) is 12.1 Å². The maximum absolute atomic E-state index is 11.3. The van der Waals surface area contributed by atoms with E-state index >= 15 is 0 Å². The molecule has 0 aliphatic rings. The van der Waals surface area contributed by atoms with E-state index in [0.29, 0.717) is 0 Å². The number of hydrogen-bond donors (Lipinski definition) is 1. The Balaban J connectivity index is 2.82. The van der Waals surface area contributed by atoms with E-state index in [2.05, 4.69) is 11.5 Å². The lowest BCUT2D eigenvalue weighted by Crippen LogP contribution is -2.06. The lowest BCUT2D eigenvalue weighted by molar-refractivity contribution is -0.138. The Morgan fingerprint density at radius 3 is 2.86 bits per heavy atom. The van der Waals surface area contributed by atoms with Gasteiger partial charge in [0.1, 0.15) is 12.2 Å². The van der Waals surface area contributed by atoms with Crippen LogP contribution in [0.3, 0.4) is 0 Å². The van der Waals surface area contributed by atoms with Crippen molar-refractivity contribution in [2.45, 2.75) is 0 Å². The highest BCUT2D eigenvalue weighted by Crippen LogP contribution is 2.17. The van der Waals surface area contributed by atoms with E-state index in [1.807, 2.05) is 0 Å². The maximum atomic E-state index is 11.3. The minimum absolute atomic E-state index is 0.0709. The van der Waals surface area contributed by atoms with E-state index in [1.165, 1.54) is 18.2 Å². The van der Waals surface area contributed by atoms with Gasteiger partial charge in [-0.25, -0.2) is 10.1 Å². The summed E-state index contributed by atoms with van der Waals surface area (Å²) in [5.41, 5.74) is 0.178. The van der Waals surface area contributed by atoms with Crippen LogP contribution in [0.4, 0.5) is 0 Å². The van der Waals surface area contributed by atoms with Crippen LogP contribution < -0.4 is 4.89 Å². The zero-order valence-electron chi connectivity index (χ0n) is 7.47. The maximum Gasteiger partial charge on any atom is 0.342 e. The van der Waals surface area contributed by atoms with Crippen molar-refractivity contribution in [3.8, 4) is 5.75 Å². The molecule has 14 heavy (non-hydrogen) atoms. The molecule has 1 rings (SSSR count). The average molecular weight is 194 g/mol. The van der Waals surface area contributed by atoms with Gasteiger partial charge in [-0.1, -0.05) is 24.8 Å². The first kappa shape index (κ1) is 10.3. The SMILES string of the molecule is C=CCOC(=O)c1ccccc1OO. The van der Waals surface area contributed by atoms with Gasteiger partial charge in [0, 0.05) is 0 Å². The van der Waals surface area contributed by atoms with Gasteiger partial charge in [-0.2, -0.15) is 0 Å². The Labute approximate surface area is 81.3 Å². The molecule has 1 aromatic carbocycles. The molecule has 4 nitrogen and oxygen atoms in total. The van der Waals surface area contributed by atoms with Gasteiger partial charge in [-0.3, -0.25) is 0 Å². The Kier molecular flexibility index (Phi) is 3.69. The van der Waals surface area contributed by atoms with E-state index in [0.717, 1.165) is 0 Å². The number of ether oxygens (including phenoxy) is 1. The predicted octanol–water partition coefficient (Wildman–Crippen LogP) is 1.88. The molecule has 0 aliphatic heterocycles. The topological polar surface area (TPSA) is 55.8 Å². The summed E-state index contributed by atoms with van der Waals surface area (Å²) >= 11 is 0. The zero-order valence-corrected chi connectivity index (χ0v) is 7.47. The molecule has 0 aromatic heterocycles. The molecule has 74 valence electrons. The molecule has 0 aliphatic carbocycles. The van der Waals surface area contributed by atoms with Gasteiger partial charge >= 0.3 is 5.97 Å². The van der Waals surface area contributed by atoms with Crippen molar-refractivity contribution in [3.05, 3.63) is 42.5 Å². The number of para-hydroxylation sites is 1. The first-order chi connectivity index (χ1) is 6.79. The largest absolute Gasteiger partial charge is 0.458 e. The van der Waals surface area contributed by atoms with Crippen molar-refractivity contribution >= 4 is 5.97 Å². The van der Waals surface area contributed by atoms with Crippen LogP contribution in [0.1, 0.15) is 10.4 Å². The van der Waals surface area contributed by atoms with Gasteiger partial charge in [0.05, 0.1) is 0 Å². The highest BCUT2D eigenvalue weighted by atomic mass is 17.1. The molecular formula is C10H10O4. The molecule has 0 heterocycles. The van der Waals surface area contributed by atoms with Crippen LogP contribution in [0, 0.1) is 0 Å². The van der Waals surface area contributed by atoms with Gasteiger partial charge in [0.25, 0.3) is 0 Å². The number of benzene rings is 1. The molecule has 1 N–H and O–H groups in total. The fraction of sp³-hybridized carbons (Fsp3) is 0.100. The van der Waals surface area contributed by atoms with Crippen molar-refractivity contribution in [1.29, 1.82) is 0 Å². The van der Waals surface area contributed by atoms with E-state index in [-0.39, 0.29) is 17.9 Å². The lowest BCUT2D eigenvalue weighted by Gasteiger charge is -2.04. The summed E-state index contributed by atoms with van der Waals surface area (Å²) in [7, 11) is 0. The van der Waals surface area contributed by atoms with Crippen LogP contribution in [-0.2, 0) is 4.74 Å². The fourth-order valence-electron chi connectivity index (χ4n) is 0.927. The second-order valence-electron chi connectivity index (χ2n) is 2.47. The summed E-state index contributed by atoms with van der Waals surface area (Å²) in [6.07, 6.45) is 1.46. The van der Waals surface area contributed by atoms with E-state index in [4.69, 9.17) is 9.99 Å². The summed E-state index contributed by atoms with van der Waals surface area (Å²) in [5, 5.41) is 8.46. The summed E-state index contributed by atoms with van der Waals surface area (Å²) in [4.78, 5) is 15.3. The van der Waals surface area contributed by atoms with Crippen LogP contribution in [-0.4, -0.2) is 17.8 Å². The van der Waals surface area contributed by atoms with Crippen molar-refractivity contribution in [2.75, 3.05) is 6.61 Å². The number of carbonyl (C=O) groups is 1. The first-order valence-corrected chi connectivity index (χ1v) is 3.98. The van der Waals surface area contributed by atoms with Gasteiger partial charge in [0.15, 0.2) is 5.75 Å². The van der Waals surface area contributed by atoms with Gasteiger partial charge in [-0.05, 0) is 12.1 Å². The predicted molar refractivity (Wildman–Crippen MR) is 50.2 cm³/mol. The number of esters is 1. The van der Waals surface area contributed by atoms with Crippen LogP contribution >= 0.6 is 0 Å². The molecule has 4 heteroatoms. The van der Waals surface area contributed by atoms with Crippen LogP contribution in [0.15, 0.2) is 36.9 Å². The first-order valence-electron chi connectivity index (χ1n) is 3.98.